The molecule has 1 amide bonds. The van der Waals surface area contributed by atoms with Crippen molar-refractivity contribution in [3.05, 3.63) is 56.9 Å². The molecule has 0 aromatic heterocycles. The number of methoxy groups -OCH3 is 1. The Morgan fingerprint density at radius 2 is 1.79 bits per heavy atom. The van der Waals surface area contributed by atoms with Crippen LogP contribution in [0.3, 0.4) is 0 Å². The Kier molecular flexibility index (Phi) is 7.07. The maximum Gasteiger partial charge on any atom is 0.263 e. The van der Waals surface area contributed by atoms with Crippen molar-refractivity contribution in [3.8, 4) is 17.2 Å². The van der Waals surface area contributed by atoms with Crippen molar-refractivity contribution in [1.29, 1.82) is 0 Å². The number of hydrogen-bond acceptors (Lipinski definition) is 6. The third kappa shape index (κ3) is 5.32. The molecule has 3 rings (SSSR count). The molecule has 1 saturated heterocycles. The molecule has 2 aromatic rings. The molecule has 9 heteroatoms. The standard InChI is InChI=1S/C19H15Cl2NO4S2/c1-24-16-8-11(9-17-18(23)22-19(27)28-17)2-4-15(16)26-7-6-25-14-5-3-12(20)10-13(14)21/h2-5,8-10H,6-7H2,1H3,(H,22,23,27). The Hall–Kier alpha value is -1.93. The summed E-state index contributed by atoms with van der Waals surface area (Å²) in [4.78, 5) is 12.3. The van der Waals surface area contributed by atoms with Crippen molar-refractivity contribution in [2.45, 2.75) is 0 Å². The zero-order chi connectivity index (χ0) is 20.1. The number of thiocarbonyl (C=S) groups is 1. The van der Waals surface area contributed by atoms with Crippen molar-refractivity contribution in [2.75, 3.05) is 20.3 Å². The Morgan fingerprint density at radius 3 is 2.43 bits per heavy atom. The molecule has 0 aliphatic carbocycles. The summed E-state index contributed by atoms with van der Waals surface area (Å²) in [5, 5.41) is 3.57. The molecular formula is C19H15Cl2NO4S2. The van der Waals surface area contributed by atoms with Crippen LogP contribution >= 0.6 is 47.2 Å². The van der Waals surface area contributed by atoms with Gasteiger partial charge in [0.25, 0.3) is 5.91 Å². The summed E-state index contributed by atoms with van der Waals surface area (Å²) in [6, 6.07) is 10.4. The van der Waals surface area contributed by atoms with Crippen LogP contribution in [0.5, 0.6) is 17.2 Å². The minimum Gasteiger partial charge on any atom is -0.493 e. The second-order valence-corrected chi connectivity index (χ2v) is 8.10. The number of nitrogens with one attached hydrogen (secondary N) is 1. The summed E-state index contributed by atoms with van der Waals surface area (Å²) in [5.41, 5.74) is 0.802. The van der Waals surface area contributed by atoms with Crippen LogP contribution in [0, 0.1) is 0 Å². The topological polar surface area (TPSA) is 56.8 Å². The number of rotatable bonds is 7. The van der Waals surface area contributed by atoms with E-state index in [1.165, 1.54) is 11.8 Å². The molecule has 0 saturated carbocycles. The number of halogens is 2. The molecule has 0 atom stereocenters. The number of amides is 1. The third-order valence-electron chi connectivity index (χ3n) is 3.62. The molecule has 0 bridgehead atoms. The lowest BCUT2D eigenvalue weighted by Gasteiger charge is -2.12. The first-order valence-corrected chi connectivity index (χ1v) is 10.1. The van der Waals surface area contributed by atoms with Crippen LogP contribution in [-0.4, -0.2) is 30.6 Å². The van der Waals surface area contributed by atoms with Crippen LogP contribution in [-0.2, 0) is 4.79 Å². The van der Waals surface area contributed by atoms with Crippen molar-refractivity contribution >= 4 is 63.5 Å². The van der Waals surface area contributed by atoms with Gasteiger partial charge in [0.05, 0.1) is 17.0 Å². The predicted molar refractivity (Wildman–Crippen MR) is 117 cm³/mol. The highest BCUT2D eigenvalue weighted by Crippen LogP contribution is 2.32. The average Bonchev–Trinajstić information content (AvgIpc) is 2.97. The fraction of sp³-hybridized carbons (Fsp3) is 0.158. The van der Waals surface area contributed by atoms with Gasteiger partial charge in [0, 0.05) is 5.02 Å². The van der Waals surface area contributed by atoms with E-state index in [2.05, 4.69) is 5.32 Å². The van der Waals surface area contributed by atoms with Crippen LogP contribution < -0.4 is 19.5 Å². The molecule has 0 unspecified atom stereocenters. The van der Waals surface area contributed by atoms with E-state index >= 15 is 0 Å². The molecule has 1 aliphatic heterocycles. The van der Waals surface area contributed by atoms with E-state index in [9.17, 15) is 4.79 Å². The van der Waals surface area contributed by atoms with E-state index in [4.69, 9.17) is 49.6 Å². The summed E-state index contributed by atoms with van der Waals surface area (Å²) in [6.07, 6.45) is 1.75. The van der Waals surface area contributed by atoms with Crippen LogP contribution in [0.15, 0.2) is 41.3 Å². The molecule has 0 radical (unpaired) electrons. The van der Waals surface area contributed by atoms with Gasteiger partial charge in [0.1, 0.15) is 23.3 Å². The zero-order valence-electron chi connectivity index (χ0n) is 14.7. The van der Waals surface area contributed by atoms with Crippen LogP contribution in [0.4, 0.5) is 0 Å². The van der Waals surface area contributed by atoms with Crippen LogP contribution in [0.25, 0.3) is 6.08 Å². The van der Waals surface area contributed by atoms with E-state index < -0.39 is 0 Å². The maximum atomic E-state index is 11.8. The van der Waals surface area contributed by atoms with Crippen molar-refractivity contribution < 1.29 is 19.0 Å². The Morgan fingerprint density at radius 1 is 1.07 bits per heavy atom. The Bertz CT molecular complexity index is 950. The maximum absolute atomic E-state index is 11.8. The lowest BCUT2D eigenvalue weighted by molar-refractivity contribution is -0.115. The lowest BCUT2D eigenvalue weighted by Crippen LogP contribution is -2.17. The number of thioether (sulfide) groups is 1. The number of carbonyl (C=O) groups excluding carboxylic acids is 1. The van der Waals surface area contributed by atoms with E-state index in [0.29, 0.717) is 49.7 Å². The molecule has 1 N–H and O–H groups in total. The van der Waals surface area contributed by atoms with Gasteiger partial charge in [-0.25, -0.2) is 0 Å². The molecule has 146 valence electrons. The molecule has 5 nitrogen and oxygen atoms in total. The van der Waals surface area contributed by atoms with E-state index in [-0.39, 0.29) is 5.91 Å². The van der Waals surface area contributed by atoms with Crippen molar-refractivity contribution in [2.24, 2.45) is 0 Å². The van der Waals surface area contributed by atoms with Crippen LogP contribution in [0.2, 0.25) is 10.0 Å². The Balaban J connectivity index is 1.60. The summed E-state index contributed by atoms with van der Waals surface area (Å²) >= 11 is 18.1. The molecule has 2 aromatic carbocycles. The molecule has 1 aliphatic rings. The minimum absolute atomic E-state index is 0.202. The van der Waals surface area contributed by atoms with Gasteiger partial charge >= 0.3 is 0 Å². The number of benzene rings is 2. The van der Waals surface area contributed by atoms with E-state index in [1.807, 2.05) is 6.07 Å². The first-order chi connectivity index (χ1) is 13.5. The fourth-order valence-corrected chi connectivity index (χ4v) is 3.87. The minimum atomic E-state index is -0.202. The highest BCUT2D eigenvalue weighted by Gasteiger charge is 2.22. The van der Waals surface area contributed by atoms with Crippen LogP contribution in [0.1, 0.15) is 5.56 Å². The predicted octanol–water partition coefficient (Wildman–Crippen LogP) is 4.95. The van der Waals surface area contributed by atoms with Gasteiger partial charge in [0.15, 0.2) is 11.5 Å². The normalized spacial score (nSPS) is 14.9. The first kappa shape index (κ1) is 20.8. The van der Waals surface area contributed by atoms with E-state index in [1.54, 1.807) is 43.5 Å². The largest absolute Gasteiger partial charge is 0.493 e. The smallest absolute Gasteiger partial charge is 0.263 e. The van der Waals surface area contributed by atoms with E-state index in [0.717, 1.165) is 5.56 Å². The molecule has 1 heterocycles. The van der Waals surface area contributed by atoms with Gasteiger partial charge in [-0.15, -0.1) is 0 Å². The average molecular weight is 456 g/mol. The second kappa shape index (κ2) is 9.52. The SMILES string of the molecule is COc1cc(C=C2SC(=S)NC2=O)ccc1OCCOc1ccc(Cl)cc1Cl. The summed E-state index contributed by atoms with van der Waals surface area (Å²) in [5.74, 6) is 1.44. The highest BCUT2D eigenvalue weighted by atomic mass is 35.5. The van der Waals surface area contributed by atoms with Gasteiger partial charge in [0.2, 0.25) is 0 Å². The summed E-state index contributed by atoms with van der Waals surface area (Å²) < 4.78 is 17.2. The lowest BCUT2D eigenvalue weighted by atomic mass is 10.2. The summed E-state index contributed by atoms with van der Waals surface area (Å²) in [6.45, 7) is 0.590. The first-order valence-electron chi connectivity index (χ1n) is 8.10. The van der Waals surface area contributed by atoms with Crippen molar-refractivity contribution in [3.63, 3.8) is 0 Å². The molecular weight excluding hydrogens is 441 g/mol. The highest BCUT2D eigenvalue weighted by molar-refractivity contribution is 8.26. The number of hydrogen-bond donors (Lipinski definition) is 1. The monoisotopic (exact) mass is 455 g/mol. The number of carbonyl (C=O) groups is 1. The molecule has 28 heavy (non-hydrogen) atoms. The molecule has 0 spiro atoms. The second-order valence-electron chi connectivity index (χ2n) is 5.53. The van der Waals surface area contributed by atoms with Crippen molar-refractivity contribution in [1.82, 2.24) is 5.32 Å². The molecule has 1 fully saturated rings. The van der Waals surface area contributed by atoms with Gasteiger partial charge in [-0.2, -0.15) is 0 Å². The van der Waals surface area contributed by atoms with Gasteiger partial charge in [-0.05, 0) is 42.0 Å². The quantitative estimate of drug-likeness (QED) is 0.362. The van der Waals surface area contributed by atoms with Gasteiger partial charge in [-0.3, -0.25) is 4.79 Å². The number of ether oxygens (including phenoxy) is 3. The third-order valence-corrected chi connectivity index (χ3v) is 5.31. The Labute approximate surface area is 181 Å². The van der Waals surface area contributed by atoms with Gasteiger partial charge in [-0.1, -0.05) is 53.2 Å². The fourth-order valence-electron chi connectivity index (χ4n) is 2.36. The van der Waals surface area contributed by atoms with Gasteiger partial charge < -0.3 is 19.5 Å². The summed E-state index contributed by atoms with van der Waals surface area (Å²) in [7, 11) is 1.55. The zero-order valence-corrected chi connectivity index (χ0v) is 17.8.